The molecule has 2 aromatic carbocycles. The zero-order valence-corrected chi connectivity index (χ0v) is 12.6. The van der Waals surface area contributed by atoms with Crippen molar-refractivity contribution in [3.05, 3.63) is 53.6 Å². The van der Waals surface area contributed by atoms with E-state index in [0.29, 0.717) is 29.2 Å². The van der Waals surface area contributed by atoms with Crippen molar-refractivity contribution in [2.75, 3.05) is 19.2 Å². The number of hydrogen-bond acceptors (Lipinski definition) is 4. The molecule has 0 spiro atoms. The van der Waals surface area contributed by atoms with E-state index in [-0.39, 0.29) is 18.6 Å². The lowest BCUT2D eigenvalue weighted by Gasteiger charge is -2.07. The largest absolute Gasteiger partial charge is 0.454 e. The van der Waals surface area contributed by atoms with Gasteiger partial charge in [0.15, 0.2) is 11.5 Å². The summed E-state index contributed by atoms with van der Waals surface area (Å²) in [6, 6.07) is 12.2. The number of rotatable bonds is 4. The summed E-state index contributed by atoms with van der Waals surface area (Å²) in [5, 5.41) is 5.38. The van der Waals surface area contributed by atoms with Gasteiger partial charge in [-0.3, -0.25) is 9.59 Å². The van der Waals surface area contributed by atoms with Gasteiger partial charge in [-0.1, -0.05) is 12.1 Å². The Morgan fingerprint density at radius 1 is 1.04 bits per heavy atom. The highest BCUT2D eigenvalue weighted by Crippen LogP contribution is 2.32. The number of carbonyl (C=O) groups is 2. The van der Waals surface area contributed by atoms with Gasteiger partial charge in [0, 0.05) is 18.3 Å². The standard InChI is InChI=1S/C17H16N2O4/c1-18-16(20)8-11-2-5-13(6-3-11)19-17(21)12-4-7-14-15(9-12)23-10-22-14/h2-7,9H,8,10H2,1H3,(H,18,20)(H,19,21). The molecule has 0 aromatic heterocycles. The zero-order chi connectivity index (χ0) is 16.2. The lowest BCUT2D eigenvalue weighted by molar-refractivity contribution is -0.119. The molecule has 0 unspecified atom stereocenters. The minimum atomic E-state index is -0.234. The van der Waals surface area contributed by atoms with E-state index in [4.69, 9.17) is 9.47 Å². The molecule has 23 heavy (non-hydrogen) atoms. The minimum Gasteiger partial charge on any atom is -0.454 e. The second-order valence-electron chi connectivity index (χ2n) is 5.07. The van der Waals surface area contributed by atoms with Gasteiger partial charge in [0.1, 0.15) is 0 Å². The first-order valence-corrected chi connectivity index (χ1v) is 7.16. The second kappa shape index (κ2) is 6.39. The summed E-state index contributed by atoms with van der Waals surface area (Å²) in [4.78, 5) is 23.6. The number of likely N-dealkylation sites (N-methyl/N-ethyl adjacent to an activating group) is 1. The van der Waals surface area contributed by atoms with Crippen LogP contribution < -0.4 is 20.1 Å². The van der Waals surface area contributed by atoms with Gasteiger partial charge in [-0.2, -0.15) is 0 Å². The number of benzene rings is 2. The summed E-state index contributed by atoms with van der Waals surface area (Å²) < 4.78 is 10.5. The van der Waals surface area contributed by atoms with E-state index in [1.807, 2.05) is 12.1 Å². The molecule has 0 atom stereocenters. The molecular weight excluding hydrogens is 296 g/mol. The first-order valence-electron chi connectivity index (χ1n) is 7.16. The predicted molar refractivity (Wildman–Crippen MR) is 84.7 cm³/mol. The zero-order valence-electron chi connectivity index (χ0n) is 12.6. The molecule has 0 aliphatic carbocycles. The number of nitrogens with one attached hydrogen (secondary N) is 2. The van der Waals surface area contributed by atoms with Crippen LogP contribution in [0.15, 0.2) is 42.5 Å². The summed E-state index contributed by atoms with van der Waals surface area (Å²) in [6.07, 6.45) is 0.312. The van der Waals surface area contributed by atoms with Gasteiger partial charge in [-0.25, -0.2) is 0 Å². The molecule has 118 valence electrons. The van der Waals surface area contributed by atoms with Crippen molar-refractivity contribution in [3.63, 3.8) is 0 Å². The molecule has 0 fully saturated rings. The Morgan fingerprint density at radius 3 is 2.52 bits per heavy atom. The monoisotopic (exact) mass is 312 g/mol. The Bertz CT molecular complexity index is 741. The average Bonchev–Trinajstić information content (AvgIpc) is 3.04. The molecular formula is C17H16N2O4. The summed E-state index contributed by atoms with van der Waals surface area (Å²) in [6.45, 7) is 0.174. The SMILES string of the molecule is CNC(=O)Cc1ccc(NC(=O)c2ccc3c(c2)OCO3)cc1. The van der Waals surface area contributed by atoms with Gasteiger partial charge < -0.3 is 20.1 Å². The van der Waals surface area contributed by atoms with E-state index in [9.17, 15) is 9.59 Å². The van der Waals surface area contributed by atoms with Crippen molar-refractivity contribution in [2.24, 2.45) is 0 Å². The third-order valence-electron chi connectivity index (χ3n) is 3.49. The van der Waals surface area contributed by atoms with E-state index in [2.05, 4.69) is 10.6 Å². The van der Waals surface area contributed by atoms with Crippen LogP contribution in [0.5, 0.6) is 11.5 Å². The lowest BCUT2D eigenvalue weighted by atomic mass is 10.1. The molecule has 0 radical (unpaired) electrons. The van der Waals surface area contributed by atoms with Crippen LogP contribution in [0.25, 0.3) is 0 Å². The van der Waals surface area contributed by atoms with Crippen molar-refractivity contribution in [1.29, 1.82) is 0 Å². The molecule has 0 bridgehead atoms. The minimum absolute atomic E-state index is 0.0536. The van der Waals surface area contributed by atoms with Crippen LogP contribution in [0.3, 0.4) is 0 Å². The van der Waals surface area contributed by atoms with Crippen LogP contribution in [0.2, 0.25) is 0 Å². The number of carbonyl (C=O) groups excluding carboxylic acids is 2. The second-order valence-corrected chi connectivity index (χ2v) is 5.07. The van der Waals surface area contributed by atoms with Crippen LogP contribution in [-0.2, 0) is 11.2 Å². The van der Waals surface area contributed by atoms with Gasteiger partial charge in [0.25, 0.3) is 5.91 Å². The van der Waals surface area contributed by atoms with Crippen LogP contribution in [0, 0.1) is 0 Å². The highest BCUT2D eigenvalue weighted by Gasteiger charge is 2.16. The van der Waals surface area contributed by atoms with Gasteiger partial charge in [0.2, 0.25) is 12.7 Å². The van der Waals surface area contributed by atoms with Crippen molar-refractivity contribution in [3.8, 4) is 11.5 Å². The third kappa shape index (κ3) is 3.42. The van der Waals surface area contributed by atoms with E-state index < -0.39 is 0 Å². The normalized spacial score (nSPS) is 11.9. The quantitative estimate of drug-likeness (QED) is 0.905. The molecule has 6 heteroatoms. The first kappa shape index (κ1) is 14.9. The van der Waals surface area contributed by atoms with Crippen molar-refractivity contribution in [1.82, 2.24) is 5.32 Å². The van der Waals surface area contributed by atoms with Gasteiger partial charge in [-0.05, 0) is 35.9 Å². The van der Waals surface area contributed by atoms with E-state index in [0.717, 1.165) is 5.56 Å². The van der Waals surface area contributed by atoms with Crippen molar-refractivity contribution in [2.45, 2.75) is 6.42 Å². The smallest absolute Gasteiger partial charge is 0.255 e. The molecule has 2 aromatic rings. The molecule has 1 heterocycles. The fourth-order valence-electron chi connectivity index (χ4n) is 2.22. The highest BCUT2D eigenvalue weighted by molar-refractivity contribution is 6.04. The van der Waals surface area contributed by atoms with E-state index in [1.165, 1.54) is 0 Å². The Morgan fingerprint density at radius 2 is 1.78 bits per heavy atom. The Hall–Kier alpha value is -3.02. The molecule has 3 rings (SSSR count). The van der Waals surface area contributed by atoms with E-state index >= 15 is 0 Å². The summed E-state index contributed by atoms with van der Waals surface area (Å²) in [7, 11) is 1.60. The van der Waals surface area contributed by atoms with Crippen LogP contribution in [-0.4, -0.2) is 25.7 Å². The maximum atomic E-state index is 12.3. The molecule has 2 N–H and O–H groups in total. The Kier molecular flexibility index (Phi) is 4.14. The number of hydrogen-bond donors (Lipinski definition) is 2. The lowest BCUT2D eigenvalue weighted by Crippen LogP contribution is -2.19. The number of ether oxygens (including phenoxy) is 2. The van der Waals surface area contributed by atoms with Crippen LogP contribution in [0.1, 0.15) is 15.9 Å². The summed E-state index contributed by atoms with van der Waals surface area (Å²) in [5.41, 5.74) is 2.03. The van der Waals surface area contributed by atoms with Crippen molar-refractivity contribution < 1.29 is 19.1 Å². The van der Waals surface area contributed by atoms with Crippen LogP contribution >= 0.6 is 0 Å². The highest BCUT2D eigenvalue weighted by atomic mass is 16.7. The molecule has 0 saturated carbocycles. The maximum Gasteiger partial charge on any atom is 0.255 e. The average molecular weight is 312 g/mol. The summed E-state index contributed by atoms with van der Waals surface area (Å²) >= 11 is 0. The summed E-state index contributed by atoms with van der Waals surface area (Å²) in [5.74, 6) is 0.920. The Balaban J connectivity index is 1.67. The van der Waals surface area contributed by atoms with Gasteiger partial charge in [-0.15, -0.1) is 0 Å². The third-order valence-corrected chi connectivity index (χ3v) is 3.49. The van der Waals surface area contributed by atoms with Crippen LogP contribution in [0.4, 0.5) is 5.69 Å². The number of anilines is 1. The number of fused-ring (bicyclic) bond motifs is 1. The molecule has 1 aliphatic heterocycles. The van der Waals surface area contributed by atoms with Gasteiger partial charge in [0.05, 0.1) is 6.42 Å². The van der Waals surface area contributed by atoms with Gasteiger partial charge >= 0.3 is 0 Å². The molecule has 2 amide bonds. The molecule has 0 saturated heterocycles. The maximum absolute atomic E-state index is 12.3. The Labute approximate surface area is 133 Å². The molecule has 1 aliphatic rings. The van der Waals surface area contributed by atoms with E-state index in [1.54, 1.807) is 37.4 Å². The fraction of sp³-hybridized carbons (Fsp3) is 0.176. The topological polar surface area (TPSA) is 76.7 Å². The van der Waals surface area contributed by atoms with Crippen molar-refractivity contribution >= 4 is 17.5 Å². The molecule has 6 nitrogen and oxygen atoms in total. The fourth-order valence-corrected chi connectivity index (χ4v) is 2.22. The first-order chi connectivity index (χ1) is 11.2. The number of amides is 2. The predicted octanol–water partition coefficient (Wildman–Crippen LogP) is 1.96.